The van der Waals surface area contributed by atoms with Gasteiger partial charge in [0, 0.05) is 35.5 Å². The molecule has 5 heteroatoms. The fraction of sp³-hybridized carbons (Fsp3) is 0.435. The summed E-state index contributed by atoms with van der Waals surface area (Å²) in [5.74, 6) is 0.851. The molecule has 0 bridgehead atoms. The summed E-state index contributed by atoms with van der Waals surface area (Å²) < 4.78 is 0. The second kappa shape index (κ2) is 11.1. The number of anilines is 1. The third kappa shape index (κ3) is 6.57. The Hall–Kier alpha value is -1.98. The monoisotopic (exact) mass is 397 g/mol. The number of benzene rings is 2. The average molecular weight is 398 g/mol. The van der Waals surface area contributed by atoms with Gasteiger partial charge in [0.1, 0.15) is 0 Å². The maximum atomic E-state index is 12.3. The zero-order valence-electron chi connectivity index (χ0n) is 16.7. The Bertz CT molecular complexity index is 732. The molecule has 2 N–H and O–H groups in total. The fourth-order valence-electron chi connectivity index (χ4n) is 3.72. The zero-order chi connectivity index (χ0) is 19.6. The predicted molar refractivity (Wildman–Crippen MR) is 119 cm³/mol. The second-order valence-corrected chi connectivity index (χ2v) is 8.57. The van der Waals surface area contributed by atoms with Crippen LogP contribution in [-0.2, 0) is 6.54 Å². The molecule has 1 aliphatic rings. The van der Waals surface area contributed by atoms with E-state index >= 15 is 0 Å². The van der Waals surface area contributed by atoms with Crippen molar-refractivity contribution in [3.8, 4) is 0 Å². The Morgan fingerprint density at radius 1 is 1.04 bits per heavy atom. The summed E-state index contributed by atoms with van der Waals surface area (Å²) in [5, 5.41) is 5.99. The van der Waals surface area contributed by atoms with Crippen LogP contribution in [0.4, 0.5) is 10.5 Å². The van der Waals surface area contributed by atoms with Crippen molar-refractivity contribution in [2.75, 3.05) is 24.7 Å². The van der Waals surface area contributed by atoms with Crippen LogP contribution in [0.1, 0.15) is 37.7 Å². The fourth-order valence-corrected chi connectivity index (χ4v) is 4.51. The van der Waals surface area contributed by atoms with E-state index in [1.54, 1.807) is 11.8 Å². The maximum absolute atomic E-state index is 12.3. The molecule has 0 unspecified atom stereocenters. The molecule has 2 aromatic rings. The van der Waals surface area contributed by atoms with Gasteiger partial charge in [-0.05, 0) is 43.7 Å². The lowest BCUT2D eigenvalue weighted by atomic mass is 9.94. The van der Waals surface area contributed by atoms with E-state index in [4.69, 9.17) is 0 Å². The Morgan fingerprint density at radius 2 is 1.75 bits per heavy atom. The molecular weight excluding hydrogens is 366 g/mol. The summed E-state index contributed by atoms with van der Waals surface area (Å²) in [4.78, 5) is 16.0. The molecule has 3 rings (SSSR count). The molecule has 1 saturated carbocycles. The maximum Gasteiger partial charge on any atom is 0.319 e. The third-order valence-corrected chi connectivity index (χ3v) is 6.30. The Labute approximate surface area is 173 Å². The number of hydrogen-bond donors (Lipinski definition) is 2. The topological polar surface area (TPSA) is 44.4 Å². The molecule has 0 radical (unpaired) electrons. The van der Waals surface area contributed by atoms with Crippen molar-refractivity contribution in [2.24, 2.45) is 0 Å². The lowest BCUT2D eigenvalue weighted by Crippen LogP contribution is -2.34. The second-order valence-electron chi connectivity index (χ2n) is 7.41. The van der Waals surface area contributed by atoms with E-state index in [1.807, 2.05) is 36.4 Å². The molecule has 0 spiro atoms. The minimum Gasteiger partial charge on any atom is -0.337 e. The SMILES string of the molecule is CN(Cc1ccccc1NC(=O)NCCSc1ccccc1)C1CCCCC1. The van der Waals surface area contributed by atoms with Crippen LogP contribution in [-0.4, -0.2) is 36.3 Å². The smallest absolute Gasteiger partial charge is 0.319 e. The van der Waals surface area contributed by atoms with E-state index in [-0.39, 0.29) is 6.03 Å². The molecule has 150 valence electrons. The molecule has 0 atom stereocenters. The number of hydrogen-bond acceptors (Lipinski definition) is 3. The Morgan fingerprint density at radius 3 is 2.54 bits per heavy atom. The van der Waals surface area contributed by atoms with Gasteiger partial charge in [0.2, 0.25) is 0 Å². The summed E-state index contributed by atoms with van der Waals surface area (Å²) in [6.45, 7) is 1.50. The summed E-state index contributed by atoms with van der Waals surface area (Å²) in [6.07, 6.45) is 6.60. The van der Waals surface area contributed by atoms with Crippen molar-refractivity contribution in [1.29, 1.82) is 0 Å². The first-order valence-corrected chi connectivity index (χ1v) is 11.2. The summed E-state index contributed by atoms with van der Waals surface area (Å²) in [7, 11) is 2.20. The van der Waals surface area contributed by atoms with Gasteiger partial charge in [-0.25, -0.2) is 4.79 Å². The number of para-hydroxylation sites is 1. The highest BCUT2D eigenvalue weighted by atomic mass is 32.2. The minimum atomic E-state index is -0.138. The molecule has 0 aliphatic heterocycles. The largest absolute Gasteiger partial charge is 0.337 e. The van der Waals surface area contributed by atoms with Crippen molar-refractivity contribution in [3.63, 3.8) is 0 Å². The average Bonchev–Trinajstić information content (AvgIpc) is 2.74. The Balaban J connectivity index is 1.46. The van der Waals surface area contributed by atoms with Crippen LogP contribution in [0.3, 0.4) is 0 Å². The van der Waals surface area contributed by atoms with Crippen LogP contribution in [0.15, 0.2) is 59.5 Å². The van der Waals surface area contributed by atoms with Crippen molar-refractivity contribution in [1.82, 2.24) is 10.2 Å². The van der Waals surface area contributed by atoms with Crippen molar-refractivity contribution in [2.45, 2.75) is 49.6 Å². The van der Waals surface area contributed by atoms with E-state index in [2.05, 4.69) is 40.8 Å². The highest BCUT2D eigenvalue weighted by molar-refractivity contribution is 7.99. The van der Waals surface area contributed by atoms with Crippen LogP contribution in [0, 0.1) is 0 Å². The predicted octanol–water partition coefficient (Wildman–Crippen LogP) is 5.36. The standard InChI is InChI=1S/C23H31N3OS/c1-26(20-11-4-2-5-12-20)18-19-10-8-9-15-22(19)25-23(27)24-16-17-28-21-13-6-3-7-14-21/h3,6-10,13-15,20H,2,4-5,11-12,16-18H2,1H3,(H2,24,25,27). The number of nitrogens with zero attached hydrogens (tertiary/aromatic N) is 1. The van der Waals surface area contributed by atoms with Crippen LogP contribution in [0.5, 0.6) is 0 Å². The lowest BCUT2D eigenvalue weighted by Gasteiger charge is -2.31. The number of urea groups is 1. The van der Waals surface area contributed by atoms with E-state index < -0.39 is 0 Å². The first-order chi connectivity index (χ1) is 13.7. The van der Waals surface area contributed by atoms with Gasteiger partial charge in [-0.1, -0.05) is 55.7 Å². The van der Waals surface area contributed by atoms with Gasteiger partial charge < -0.3 is 10.6 Å². The lowest BCUT2D eigenvalue weighted by molar-refractivity contribution is 0.185. The van der Waals surface area contributed by atoms with Gasteiger partial charge in [0.05, 0.1) is 0 Å². The van der Waals surface area contributed by atoms with Gasteiger partial charge in [-0.15, -0.1) is 11.8 Å². The van der Waals surface area contributed by atoms with E-state index in [1.165, 1.54) is 42.6 Å². The normalized spacial score (nSPS) is 14.8. The van der Waals surface area contributed by atoms with Crippen molar-refractivity contribution in [3.05, 3.63) is 60.2 Å². The van der Waals surface area contributed by atoms with Gasteiger partial charge in [0.25, 0.3) is 0 Å². The van der Waals surface area contributed by atoms with Gasteiger partial charge in [0.15, 0.2) is 0 Å². The van der Waals surface area contributed by atoms with Gasteiger partial charge in [-0.2, -0.15) is 0 Å². The molecule has 2 amide bonds. The number of carbonyl (C=O) groups is 1. The third-order valence-electron chi connectivity index (χ3n) is 5.28. The van der Waals surface area contributed by atoms with Gasteiger partial charge in [-0.3, -0.25) is 4.90 Å². The van der Waals surface area contributed by atoms with Crippen molar-refractivity contribution < 1.29 is 4.79 Å². The number of amides is 2. The van der Waals surface area contributed by atoms with Gasteiger partial charge >= 0.3 is 6.03 Å². The van der Waals surface area contributed by atoms with Crippen LogP contribution >= 0.6 is 11.8 Å². The first kappa shape index (κ1) is 20.7. The first-order valence-electron chi connectivity index (χ1n) is 10.2. The zero-order valence-corrected chi connectivity index (χ0v) is 17.5. The quantitative estimate of drug-likeness (QED) is 0.465. The van der Waals surface area contributed by atoms with Crippen molar-refractivity contribution >= 4 is 23.5 Å². The molecule has 4 nitrogen and oxygen atoms in total. The van der Waals surface area contributed by atoms with Crippen LogP contribution in [0.25, 0.3) is 0 Å². The van der Waals surface area contributed by atoms with E-state index in [9.17, 15) is 4.79 Å². The highest BCUT2D eigenvalue weighted by Gasteiger charge is 2.19. The van der Waals surface area contributed by atoms with E-state index in [0.29, 0.717) is 12.6 Å². The van der Waals surface area contributed by atoms with E-state index in [0.717, 1.165) is 18.0 Å². The molecule has 0 heterocycles. The number of thioether (sulfide) groups is 1. The van der Waals surface area contributed by atoms with Crippen LogP contribution < -0.4 is 10.6 Å². The summed E-state index contributed by atoms with van der Waals surface area (Å²) in [5.41, 5.74) is 2.07. The molecule has 28 heavy (non-hydrogen) atoms. The number of nitrogens with one attached hydrogen (secondary N) is 2. The molecule has 1 fully saturated rings. The molecular formula is C23H31N3OS. The highest BCUT2D eigenvalue weighted by Crippen LogP contribution is 2.25. The molecule has 1 aliphatic carbocycles. The summed E-state index contributed by atoms with van der Waals surface area (Å²) in [6, 6.07) is 18.9. The number of rotatable bonds is 8. The Kier molecular flexibility index (Phi) is 8.24. The summed E-state index contributed by atoms with van der Waals surface area (Å²) >= 11 is 1.75. The molecule has 0 aromatic heterocycles. The molecule has 2 aromatic carbocycles. The number of carbonyl (C=O) groups excluding carboxylic acids is 1. The minimum absolute atomic E-state index is 0.138. The van der Waals surface area contributed by atoms with Crippen LogP contribution in [0.2, 0.25) is 0 Å². The molecule has 0 saturated heterocycles.